The number of aliphatic hydroxyl groups is 1. The van der Waals surface area contributed by atoms with Crippen LogP contribution in [-0.2, 0) is 4.74 Å². The first kappa shape index (κ1) is 16.8. The summed E-state index contributed by atoms with van der Waals surface area (Å²) in [5.41, 5.74) is 0. The number of hydrogen-bond acceptors (Lipinski definition) is 4. The van der Waals surface area contributed by atoms with E-state index in [2.05, 4.69) is 5.32 Å². The fourth-order valence-electron chi connectivity index (χ4n) is 2.24. The van der Waals surface area contributed by atoms with Crippen molar-refractivity contribution in [3.8, 4) is 5.75 Å². The monoisotopic (exact) mass is 333 g/mol. The van der Waals surface area contributed by atoms with Crippen LogP contribution in [0.25, 0.3) is 0 Å². The highest BCUT2D eigenvalue weighted by atomic mass is 35.5. The third kappa shape index (κ3) is 6.01. The highest BCUT2D eigenvalue weighted by Gasteiger charge is 2.14. The Balaban J connectivity index is 1.62. The van der Waals surface area contributed by atoms with Gasteiger partial charge in [-0.15, -0.1) is 0 Å². The van der Waals surface area contributed by atoms with Gasteiger partial charge < -0.3 is 19.9 Å². The number of halogens is 2. The molecule has 1 aromatic rings. The van der Waals surface area contributed by atoms with Gasteiger partial charge in [0.1, 0.15) is 18.5 Å². The average Bonchev–Trinajstić information content (AvgIpc) is 2.49. The van der Waals surface area contributed by atoms with E-state index in [0.29, 0.717) is 28.3 Å². The summed E-state index contributed by atoms with van der Waals surface area (Å²) in [5.74, 6) is 1.14. The molecule has 1 saturated heterocycles. The molecule has 2 N–H and O–H groups in total. The Labute approximate surface area is 135 Å². The lowest BCUT2D eigenvalue weighted by Crippen LogP contribution is -2.36. The molecule has 118 valence electrons. The van der Waals surface area contributed by atoms with Gasteiger partial charge in [-0.2, -0.15) is 0 Å². The molecule has 21 heavy (non-hydrogen) atoms. The molecule has 1 fully saturated rings. The normalized spacial score (nSPS) is 20.2. The summed E-state index contributed by atoms with van der Waals surface area (Å²) in [5, 5.41) is 14.1. The van der Waals surface area contributed by atoms with Gasteiger partial charge in [0.2, 0.25) is 0 Å². The zero-order chi connectivity index (χ0) is 15.1. The molecule has 1 aromatic carbocycles. The number of hydrogen-bond donors (Lipinski definition) is 2. The maximum atomic E-state index is 9.89. The molecule has 2 unspecified atom stereocenters. The van der Waals surface area contributed by atoms with E-state index < -0.39 is 6.10 Å². The molecule has 0 aromatic heterocycles. The zero-order valence-corrected chi connectivity index (χ0v) is 13.4. The van der Waals surface area contributed by atoms with Gasteiger partial charge in [-0.3, -0.25) is 0 Å². The van der Waals surface area contributed by atoms with Crippen LogP contribution in [-0.4, -0.2) is 44.1 Å². The number of nitrogens with one attached hydrogen (secondary N) is 1. The second-order valence-corrected chi connectivity index (χ2v) is 6.10. The lowest BCUT2D eigenvalue weighted by Gasteiger charge is -2.23. The molecule has 1 aliphatic heterocycles. The summed E-state index contributed by atoms with van der Waals surface area (Å²) in [6, 6.07) is 5.05. The van der Waals surface area contributed by atoms with E-state index in [1.165, 1.54) is 6.42 Å². The van der Waals surface area contributed by atoms with Crippen molar-refractivity contribution in [2.45, 2.75) is 18.9 Å². The molecule has 1 aliphatic rings. The van der Waals surface area contributed by atoms with Gasteiger partial charge in [0.15, 0.2) is 0 Å². The molecule has 6 heteroatoms. The van der Waals surface area contributed by atoms with E-state index in [4.69, 9.17) is 32.7 Å². The van der Waals surface area contributed by atoms with E-state index in [0.717, 1.165) is 26.2 Å². The van der Waals surface area contributed by atoms with Crippen LogP contribution in [0.15, 0.2) is 18.2 Å². The molecule has 1 heterocycles. The minimum absolute atomic E-state index is 0.214. The predicted octanol–water partition coefficient (Wildman–Crippen LogP) is 2.75. The standard InChI is InChI=1S/C15H21Cl2NO3/c16-14-4-3-13(6-15(14)17)21-10-12(19)8-18-7-11-2-1-5-20-9-11/h3-4,6,11-12,18-19H,1-2,5,7-10H2. The number of rotatable bonds is 7. The Morgan fingerprint density at radius 2 is 2.24 bits per heavy atom. The lowest BCUT2D eigenvalue weighted by molar-refractivity contribution is 0.0516. The van der Waals surface area contributed by atoms with Gasteiger partial charge in [-0.1, -0.05) is 23.2 Å². The van der Waals surface area contributed by atoms with E-state index in [9.17, 15) is 5.11 Å². The van der Waals surface area contributed by atoms with Crippen molar-refractivity contribution in [2.24, 2.45) is 5.92 Å². The van der Waals surface area contributed by atoms with Gasteiger partial charge in [0.05, 0.1) is 16.7 Å². The molecule has 2 atom stereocenters. The fraction of sp³-hybridized carbons (Fsp3) is 0.600. The Morgan fingerprint density at radius 3 is 2.95 bits per heavy atom. The maximum absolute atomic E-state index is 9.89. The number of benzene rings is 1. The van der Waals surface area contributed by atoms with Crippen LogP contribution < -0.4 is 10.1 Å². The number of aliphatic hydroxyl groups excluding tert-OH is 1. The molecule has 0 spiro atoms. The minimum Gasteiger partial charge on any atom is -0.491 e. The topological polar surface area (TPSA) is 50.7 Å². The Hall–Kier alpha value is -0.520. The summed E-state index contributed by atoms with van der Waals surface area (Å²) in [6.07, 6.45) is 1.74. The molecule has 4 nitrogen and oxygen atoms in total. The van der Waals surface area contributed by atoms with Gasteiger partial charge in [0.25, 0.3) is 0 Å². The second-order valence-electron chi connectivity index (χ2n) is 5.28. The summed E-state index contributed by atoms with van der Waals surface area (Å²) < 4.78 is 10.9. The molecule has 0 bridgehead atoms. The van der Waals surface area contributed by atoms with Gasteiger partial charge in [-0.25, -0.2) is 0 Å². The third-order valence-corrected chi connectivity index (χ3v) is 4.14. The van der Waals surface area contributed by atoms with Crippen LogP contribution >= 0.6 is 23.2 Å². The van der Waals surface area contributed by atoms with Crippen LogP contribution in [0.3, 0.4) is 0 Å². The Kier molecular flexibility index (Phi) is 7.07. The van der Waals surface area contributed by atoms with Crippen LogP contribution in [0.2, 0.25) is 10.0 Å². The first-order chi connectivity index (χ1) is 10.1. The van der Waals surface area contributed by atoms with E-state index in [-0.39, 0.29) is 6.61 Å². The van der Waals surface area contributed by atoms with Crippen molar-refractivity contribution >= 4 is 23.2 Å². The lowest BCUT2D eigenvalue weighted by atomic mass is 10.0. The smallest absolute Gasteiger partial charge is 0.121 e. The van der Waals surface area contributed by atoms with Gasteiger partial charge in [-0.05, 0) is 30.9 Å². The molecular formula is C15H21Cl2NO3. The predicted molar refractivity (Wildman–Crippen MR) is 84.4 cm³/mol. The fourth-order valence-corrected chi connectivity index (χ4v) is 2.53. The number of ether oxygens (including phenoxy) is 2. The van der Waals surface area contributed by atoms with Crippen molar-refractivity contribution in [1.82, 2.24) is 5.32 Å². The molecular weight excluding hydrogens is 313 g/mol. The first-order valence-electron chi connectivity index (χ1n) is 7.19. The van der Waals surface area contributed by atoms with Crippen molar-refractivity contribution < 1.29 is 14.6 Å². The molecule has 0 radical (unpaired) electrons. The molecule has 2 rings (SSSR count). The SMILES string of the molecule is OC(CNCC1CCCOC1)COc1ccc(Cl)c(Cl)c1. The summed E-state index contributed by atoms with van der Waals surface area (Å²) >= 11 is 11.7. The van der Waals surface area contributed by atoms with Gasteiger partial charge >= 0.3 is 0 Å². The summed E-state index contributed by atoms with van der Waals surface area (Å²) in [7, 11) is 0. The molecule has 0 saturated carbocycles. The van der Waals surface area contributed by atoms with Crippen LogP contribution in [0, 0.1) is 5.92 Å². The highest BCUT2D eigenvalue weighted by Crippen LogP contribution is 2.26. The van der Waals surface area contributed by atoms with Crippen LogP contribution in [0.5, 0.6) is 5.75 Å². The first-order valence-corrected chi connectivity index (χ1v) is 7.95. The average molecular weight is 334 g/mol. The minimum atomic E-state index is -0.566. The Morgan fingerprint density at radius 1 is 1.38 bits per heavy atom. The van der Waals surface area contributed by atoms with Crippen LogP contribution in [0.4, 0.5) is 0 Å². The zero-order valence-electron chi connectivity index (χ0n) is 11.9. The van der Waals surface area contributed by atoms with Crippen molar-refractivity contribution in [3.05, 3.63) is 28.2 Å². The largest absolute Gasteiger partial charge is 0.491 e. The van der Waals surface area contributed by atoms with Crippen molar-refractivity contribution in [2.75, 3.05) is 32.9 Å². The van der Waals surface area contributed by atoms with Crippen molar-refractivity contribution in [3.63, 3.8) is 0 Å². The van der Waals surface area contributed by atoms with E-state index >= 15 is 0 Å². The van der Waals surface area contributed by atoms with E-state index in [1.54, 1.807) is 18.2 Å². The molecule has 0 amide bonds. The summed E-state index contributed by atoms with van der Waals surface area (Å²) in [6.45, 7) is 3.26. The van der Waals surface area contributed by atoms with Gasteiger partial charge in [0, 0.05) is 25.8 Å². The quantitative estimate of drug-likeness (QED) is 0.805. The van der Waals surface area contributed by atoms with Crippen LogP contribution in [0.1, 0.15) is 12.8 Å². The van der Waals surface area contributed by atoms with E-state index in [1.807, 2.05) is 0 Å². The summed E-state index contributed by atoms with van der Waals surface area (Å²) in [4.78, 5) is 0. The third-order valence-electron chi connectivity index (χ3n) is 3.40. The van der Waals surface area contributed by atoms with Crippen molar-refractivity contribution in [1.29, 1.82) is 0 Å². The maximum Gasteiger partial charge on any atom is 0.121 e. The highest BCUT2D eigenvalue weighted by molar-refractivity contribution is 6.42. The molecule has 0 aliphatic carbocycles. The Bertz CT molecular complexity index is 439. The second kappa shape index (κ2) is 8.81.